The van der Waals surface area contributed by atoms with Crippen molar-refractivity contribution in [2.24, 2.45) is 11.8 Å². The number of carbonyl (C=O) groups excluding carboxylic acids is 2. The van der Waals surface area contributed by atoms with E-state index in [1.165, 1.54) is 4.90 Å². The zero-order valence-corrected chi connectivity index (χ0v) is 25.9. The number of anilines is 1. The molecular formula is C35H44N2O6. The molecule has 0 aliphatic heterocycles. The average Bonchev–Trinajstić information content (AvgIpc) is 3.95. The van der Waals surface area contributed by atoms with Crippen LogP contribution in [0.5, 0.6) is 11.5 Å². The first-order chi connectivity index (χ1) is 20.9. The fourth-order valence-corrected chi connectivity index (χ4v) is 5.10. The Hall–Kier alpha value is -3.65. The van der Waals surface area contributed by atoms with Crippen LogP contribution >= 0.6 is 0 Å². The summed E-state index contributed by atoms with van der Waals surface area (Å²) < 4.78 is 18.6. The molecule has 2 aliphatic rings. The highest BCUT2D eigenvalue weighted by Crippen LogP contribution is 2.48. The first-order valence-electron chi connectivity index (χ1n) is 15.9. The zero-order valence-electron chi connectivity index (χ0n) is 25.9. The highest BCUT2D eigenvalue weighted by atomic mass is 16.5. The van der Waals surface area contributed by atoms with Gasteiger partial charge >= 0.3 is 0 Å². The number of nitrogens with zero attached hydrogens (tertiary/aromatic N) is 2. The minimum Gasteiger partial charge on any atom is -0.493 e. The van der Waals surface area contributed by atoms with Crippen LogP contribution in [-0.4, -0.2) is 35.3 Å². The van der Waals surface area contributed by atoms with Crippen LogP contribution < -0.4 is 14.4 Å². The summed E-state index contributed by atoms with van der Waals surface area (Å²) in [7, 11) is 0. The minimum absolute atomic E-state index is 0.0945. The minimum atomic E-state index is -0.227. The molecule has 0 radical (unpaired) electrons. The third kappa shape index (κ3) is 6.96. The van der Waals surface area contributed by atoms with Crippen molar-refractivity contribution >= 4 is 17.7 Å². The van der Waals surface area contributed by atoms with E-state index in [0.717, 1.165) is 79.4 Å². The fourth-order valence-electron chi connectivity index (χ4n) is 5.10. The second-order valence-corrected chi connectivity index (χ2v) is 12.1. The standard InChI is InChI=1S/C35H44N2O6/c1-5-7-17-41-29-20-30(42-18-8-6-2)28(19-27(29)22(3)4)32-31(24-11-9-23(21-38)10-12-24)35(43-36-32)37(33(39)25-13-14-25)34(40)26-15-16-26/h9-12,19-20,22,25-26,38H,5-8,13-18,21H2,1-4H3. The van der Waals surface area contributed by atoms with Gasteiger partial charge in [0, 0.05) is 23.5 Å². The summed E-state index contributed by atoms with van der Waals surface area (Å²) in [6.45, 7) is 9.54. The number of carbonyl (C=O) groups is 2. The van der Waals surface area contributed by atoms with Gasteiger partial charge in [-0.3, -0.25) is 9.59 Å². The van der Waals surface area contributed by atoms with Crippen LogP contribution in [-0.2, 0) is 16.2 Å². The Labute approximate surface area is 254 Å². The van der Waals surface area contributed by atoms with E-state index in [4.69, 9.17) is 14.0 Å². The van der Waals surface area contributed by atoms with Crippen molar-refractivity contribution in [3.63, 3.8) is 0 Å². The maximum absolute atomic E-state index is 13.6. The van der Waals surface area contributed by atoms with Crippen LogP contribution in [0.1, 0.15) is 96.1 Å². The number of hydrogen-bond acceptors (Lipinski definition) is 7. The Morgan fingerprint density at radius 3 is 2.02 bits per heavy atom. The molecule has 0 bridgehead atoms. The predicted octanol–water partition coefficient (Wildman–Crippen LogP) is 7.66. The smallest absolute Gasteiger partial charge is 0.249 e. The molecule has 0 unspecified atom stereocenters. The molecule has 3 aromatic rings. The maximum atomic E-state index is 13.6. The lowest BCUT2D eigenvalue weighted by Gasteiger charge is -2.21. The van der Waals surface area contributed by atoms with Gasteiger partial charge in [0.2, 0.25) is 17.7 Å². The molecule has 43 heavy (non-hydrogen) atoms. The molecule has 0 saturated heterocycles. The van der Waals surface area contributed by atoms with Crippen LogP contribution in [0.4, 0.5) is 5.88 Å². The number of ether oxygens (including phenoxy) is 2. The summed E-state index contributed by atoms with van der Waals surface area (Å²) in [6.07, 6.45) is 6.91. The number of aliphatic hydroxyl groups is 1. The quantitative estimate of drug-likeness (QED) is 0.144. The zero-order chi connectivity index (χ0) is 30.5. The van der Waals surface area contributed by atoms with Gasteiger partial charge in [-0.2, -0.15) is 0 Å². The molecule has 230 valence electrons. The van der Waals surface area contributed by atoms with Gasteiger partial charge < -0.3 is 19.1 Å². The maximum Gasteiger partial charge on any atom is 0.249 e. The molecule has 1 aromatic heterocycles. The number of hydrogen-bond donors (Lipinski definition) is 1. The summed E-state index contributed by atoms with van der Waals surface area (Å²) in [6, 6.07) is 11.4. The van der Waals surface area contributed by atoms with Crippen LogP contribution in [0.2, 0.25) is 0 Å². The summed E-state index contributed by atoms with van der Waals surface area (Å²) >= 11 is 0. The van der Waals surface area contributed by atoms with Gasteiger partial charge in [-0.1, -0.05) is 70.0 Å². The van der Waals surface area contributed by atoms with Crippen molar-refractivity contribution in [1.82, 2.24) is 5.16 Å². The van der Waals surface area contributed by atoms with Crippen LogP contribution in [0.25, 0.3) is 22.4 Å². The van der Waals surface area contributed by atoms with E-state index < -0.39 is 0 Å². The van der Waals surface area contributed by atoms with E-state index in [2.05, 4.69) is 38.9 Å². The second kappa shape index (κ2) is 13.8. The molecule has 1 N–H and O–H groups in total. The monoisotopic (exact) mass is 588 g/mol. The molecule has 8 heteroatoms. The summed E-state index contributed by atoms with van der Waals surface area (Å²) in [5, 5.41) is 14.2. The van der Waals surface area contributed by atoms with E-state index in [0.29, 0.717) is 30.2 Å². The molecule has 2 aromatic carbocycles. The topological polar surface area (TPSA) is 102 Å². The number of imide groups is 1. The Morgan fingerprint density at radius 1 is 0.930 bits per heavy atom. The third-order valence-electron chi connectivity index (χ3n) is 8.10. The van der Waals surface area contributed by atoms with Gasteiger partial charge in [-0.25, -0.2) is 4.90 Å². The molecule has 8 nitrogen and oxygen atoms in total. The van der Waals surface area contributed by atoms with Gasteiger partial charge in [0.15, 0.2) is 0 Å². The van der Waals surface area contributed by atoms with E-state index in [1.54, 1.807) is 0 Å². The number of aliphatic hydroxyl groups excluding tert-OH is 1. The Bertz CT molecular complexity index is 1390. The van der Waals surface area contributed by atoms with Crippen molar-refractivity contribution in [3.05, 3.63) is 47.5 Å². The first-order valence-corrected chi connectivity index (χ1v) is 15.9. The lowest BCUT2D eigenvalue weighted by atomic mass is 9.94. The van der Waals surface area contributed by atoms with E-state index >= 15 is 0 Å². The highest BCUT2D eigenvalue weighted by Gasteiger charge is 2.45. The lowest BCUT2D eigenvalue weighted by Crippen LogP contribution is -2.39. The Balaban J connectivity index is 1.70. The van der Waals surface area contributed by atoms with Crippen LogP contribution in [0.3, 0.4) is 0 Å². The normalized spacial score (nSPS) is 14.7. The molecule has 0 atom stereocenters. The summed E-state index contributed by atoms with van der Waals surface area (Å²) in [5.74, 6) is 0.889. The van der Waals surface area contributed by atoms with E-state index in [1.807, 2.05) is 30.3 Å². The Kier molecular flexibility index (Phi) is 9.86. The van der Waals surface area contributed by atoms with Crippen molar-refractivity contribution in [2.75, 3.05) is 18.1 Å². The van der Waals surface area contributed by atoms with E-state index in [9.17, 15) is 14.7 Å². The summed E-state index contributed by atoms with van der Waals surface area (Å²) in [5.41, 5.74) is 4.27. The largest absolute Gasteiger partial charge is 0.493 e. The van der Waals surface area contributed by atoms with Gasteiger partial charge in [0.25, 0.3) is 0 Å². The lowest BCUT2D eigenvalue weighted by molar-refractivity contribution is -0.128. The number of unbranched alkanes of at least 4 members (excludes halogenated alkanes) is 2. The predicted molar refractivity (Wildman–Crippen MR) is 166 cm³/mol. The average molecular weight is 589 g/mol. The van der Waals surface area contributed by atoms with Gasteiger partial charge in [0.05, 0.1) is 25.4 Å². The molecule has 0 spiro atoms. The molecule has 1 heterocycles. The molecular weight excluding hydrogens is 544 g/mol. The Morgan fingerprint density at radius 2 is 1.51 bits per heavy atom. The first kappa shape index (κ1) is 30.8. The number of benzene rings is 2. The third-order valence-corrected chi connectivity index (χ3v) is 8.10. The van der Waals surface area contributed by atoms with Crippen molar-refractivity contribution in [2.45, 2.75) is 91.6 Å². The molecule has 2 fully saturated rings. The highest BCUT2D eigenvalue weighted by molar-refractivity contribution is 6.18. The SMILES string of the molecule is CCCCOc1cc(OCCCC)c(C(C)C)cc1-c1noc(N(C(=O)C2CC2)C(=O)C2CC2)c1-c1ccc(CO)cc1. The second-order valence-electron chi connectivity index (χ2n) is 12.1. The summed E-state index contributed by atoms with van der Waals surface area (Å²) in [4.78, 5) is 28.5. The fraction of sp³-hybridized carbons (Fsp3) is 0.514. The van der Waals surface area contributed by atoms with Crippen molar-refractivity contribution in [3.8, 4) is 33.9 Å². The van der Waals surface area contributed by atoms with Gasteiger partial charge in [-0.15, -0.1) is 0 Å². The van der Waals surface area contributed by atoms with Gasteiger partial charge in [-0.05, 0) is 67.2 Å². The number of aromatic nitrogens is 1. The van der Waals surface area contributed by atoms with E-state index in [-0.39, 0.29) is 42.1 Å². The number of rotatable bonds is 15. The van der Waals surface area contributed by atoms with Crippen LogP contribution in [0, 0.1) is 11.8 Å². The van der Waals surface area contributed by atoms with Crippen molar-refractivity contribution < 1.29 is 28.7 Å². The van der Waals surface area contributed by atoms with Gasteiger partial charge in [0.1, 0.15) is 17.2 Å². The number of amides is 2. The molecule has 2 saturated carbocycles. The van der Waals surface area contributed by atoms with Crippen molar-refractivity contribution in [1.29, 1.82) is 0 Å². The molecule has 5 rings (SSSR count). The molecule has 2 aliphatic carbocycles. The molecule has 2 amide bonds. The van der Waals surface area contributed by atoms with Crippen LogP contribution in [0.15, 0.2) is 40.9 Å².